The van der Waals surface area contributed by atoms with Crippen molar-refractivity contribution in [1.82, 2.24) is 20.2 Å². The van der Waals surface area contributed by atoms with Crippen molar-refractivity contribution >= 4 is 33.6 Å². The summed E-state index contributed by atoms with van der Waals surface area (Å²) in [5, 5.41) is 14.1. The second-order valence-electron chi connectivity index (χ2n) is 14.1. The van der Waals surface area contributed by atoms with Gasteiger partial charge in [0.2, 0.25) is 5.82 Å². The topological polar surface area (TPSA) is 146 Å². The summed E-state index contributed by atoms with van der Waals surface area (Å²) in [4.78, 5) is 28.6. The lowest BCUT2D eigenvalue weighted by Crippen LogP contribution is -2.57. The Morgan fingerprint density at radius 1 is 1.22 bits per heavy atom. The monoisotopic (exact) mass is 652 g/mol. The number of allylic oxidation sites excluding steroid dienone is 1. The molecule has 2 saturated carbocycles. The van der Waals surface area contributed by atoms with E-state index in [2.05, 4.69) is 23.3 Å². The van der Waals surface area contributed by atoms with E-state index in [1.54, 1.807) is 6.92 Å². The van der Waals surface area contributed by atoms with E-state index < -0.39 is 23.5 Å². The summed E-state index contributed by atoms with van der Waals surface area (Å²) in [5.74, 6) is -0.941. The Morgan fingerprint density at radius 3 is 2.63 bits per heavy atom. The number of aryl methyl sites for hydroxylation is 1. The van der Waals surface area contributed by atoms with Gasteiger partial charge in [-0.3, -0.25) is 9.69 Å². The number of likely N-dealkylation sites (N-methyl/N-ethyl adjacent to an activating group) is 1. The van der Waals surface area contributed by atoms with Gasteiger partial charge in [0.25, 0.3) is 5.88 Å². The molecule has 0 radical (unpaired) electrons. The van der Waals surface area contributed by atoms with Crippen LogP contribution >= 0.6 is 11.3 Å². The van der Waals surface area contributed by atoms with Crippen LogP contribution in [0.4, 0.5) is 19.6 Å². The van der Waals surface area contributed by atoms with Gasteiger partial charge in [-0.25, -0.2) is 9.37 Å². The second-order valence-corrected chi connectivity index (χ2v) is 15.3. The normalized spacial score (nSPS) is 30.7. The van der Waals surface area contributed by atoms with Crippen molar-refractivity contribution in [2.45, 2.75) is 107 Å². The number of rotatable bonds is 5. The van der Waals surface area contributed by atoms with Crippen LogP contribution < -0.4 is 26.4 Å². The number of carbonyl (C=O) groups excluding carboxylic acids is 1. The van der Waals surface area contributed by atoms with E-state index in [1.165, 1.54) is 11.3 Å². The van der Waals surface area contributed by atoms with E-state index in [1.807, 2.05) is 16.8 Å². The van der Waals surface area contributed by atoms with Gasteiger partial charge in [0.1, 0.15) is 23.3 Å². The number of thiophene rings is 1. The number of piperazine rings is 1. The van der Waals surface area contributed by atoms with Gasteiger partial charge in [0.05, 0.1) is 16.7 Å². The van der Waals surface area contributed by atoms with Gasteiger partial charge in [-0.05, 0) is 84.2 Å². The molecule has 2 aromatic rings. The van der Waals surface area contributed by atoms with E-state index in [0.29, 0.717) is 54.9 Å². The predicted molar refractivity (Wildman–Crippen MR) is 173 cm³/mol. The van der Waals surface area contributed by atoms with Crippen molar-refractivity contribution in [2.24, 2.45) is 5.73 Å². The number of hydrogen-bond donors (Lipinski definition) is 3. The van der Waals surface area contributed by atoms with Gasteiger partial charge in [-0.1, -0.05) is 0 Å². The Balaban J connectivity index is 1.31. The number of halogens is 2. The summed E-state index contributed by atoms with van der Waals surface area (Å²) in [6.45, 7) is 5.25. The third-order valence-electron chi connectivity index (χ3n) is 10.8. The number of fused-ring (bicyclic) bond motifs is 2. The Labute approximate surface area is 272 Å². The number of hydrogen-bond acceptors (Lipinski definition) is 11. The molecule has 13 heteroatoms. The molecule has 5 atom stereocenters. The fraction of sp³-hybridized carbons (Fsp3) is 0.636. The van der Waals surface area contributed by atoms with E-state index in [0.717, 1.165) is 36.1 Å². The number of alkyl halides is 1. The molecule has 2 aromatic heterocycles. The van der Waals surface area contributed by atoms with E-state index in [-0.39, 0.29) is 59.6 Å². The molecule has 7 rings (SSSR count). The average Bonchev–Trinajstić information content (AvgIpc) is 3.51. The summed E-state index contributed by atoms with van der Waals surface area (Å²) in [5.41, 5.74) is 13.8. The number of anilines is 2. The maximum absolute atomic E-state index is 16.4. The zero-order chi connectivity index (χ0) is 32.5. The molecular weight excluding hydrogens is 610 g/mol. The highest BCUT2D eigenvalue weighted by molar-refractivity contribution is 7.16. The largest absolute Gasteiger partial charge is 0.471 e. The van der Waals surface area contributed by atoms with Crippen molar-refractivity contribution in [3.05, 3.63) is 33.2 Å². The number of likely N-dealkylation sites (tertiary alicyclic amines) is 1. The number of ketones is 1. The first-order valence-corrected chi connectivity index (χ1v) is 17.2. The molecule has 10 nitrogen and oxygen atoms in total. The van der Waals surface area contributed by atoms with Crippen LogP contribution in [0, 0.1) is 17.1 Å². The van der Waals surface area contributed by atoms with Crippen molar-refractivity contribution in [3.63, 3.8) is 0 Å². The summed E-state index contributed by atoms with van der Waals surface area (Å²) in [7, 11) is 1.83. The maximum atomic E-state index is 16.4. The van der Waals surface area contributed by atoms with Crippen molar-refractivity contribution in [1.29, 1.82) is 5.26 Å². The molecule has 0 amide bonds. The number of nitrogens with two attached hydrogens (primary N) is 2. The number of nitriles is 1. The zero-order valence-corrected chi connectivity index (χ0v) is 27.5. The number of ether oxygens (including phenoxy) is 1. The quantitative estimate of drug-likeness (QED) is 0.406. The molecule has 2 saturated heterocycles. The van der Waals surface area contributed by atoms with Crippen LogP contribution in [-0.4, -0.2) is 77.2 Å². The molecule has 0 unspecified atom stereocenters. The van der Waals surface area contributed by atoms with Gasteiger partial charge >= 0.3 is 0 Å². The number of aromatic nitrogens is 2. The van der Waals surface area contributed by atoms with Gasteiger partial charge in [0.15, 0.2) is 17.4 Å². The van der Waals surface area contributed by atoms with Crippen LogP contribution in [0.1, 0.15) is 87.0 Å². The van der Waals surface area contributed by atoms with Crippen LogP contribution in [-0.2, 0) is 16.6 Å². The lowest BCUT2D eigenvalue weighted by molar-refractivity contribution is -0.122. The summed E-state index contributed by atoms with van der Waals surface area (Å²) < 4.78 is 36.8. The van der Waals surface area contributed by atoms with Crippen molar-refractivity contribution in [3.8, 4) is 11.9 Å². The molecule has 2 spiro atoms. The highest BCUT2D eigenvalue weighted by Gasteiger charge is 2.51. The van der Waals surface area contributed by atoms with Gasteiger partial charge in [-0.2, -0.15) is 14.6 Å². The zero-order valence-electron chi connectivity index (χ0n) is 26.7. The Morgan fingerprint density at radius 2 is 1.96 bits per heavy atom. The minimum absolute atomic E-state index is 0.0412. The Hall–Kier alpha value is -3.34. The lowest BCUT2D eigenvalue weighted by atomic mass is 9.61. The standard InChI is InChI=1S/C33H42F2N8O2S/c1-17-14-43(16-32(41-17)10-11-32)30-25(35)31(45-18(2)22-12-19(34)15-42(22)3)40-29(39-30)26(37)20-6-4-8-33(27(20)44)9-5-7-23-24(33)21(13-36)28(38)46-23/h17-19,22,41H,4-12,14-16,37-38H2,1-3H3/t17-,18-,19+,22-,33-/m0/s1. The molecule has 4 heterocycles. The number of Topliss-reactive ketones (excluding diaryl/α,β-unsaturated/α-hetero) is 1. The number of carbonyl (C=O) groups is 1. The average molecular weight is 653 g/mol. The van der Waals surface area contributed by atoms with Gasteiger partial charge in [-0.15, -0.1) is 11.3 Å². The summed E-state index contributed by atoms with van der Waals surface area (Å²) >= 11 is 1.39. The number of nitrogen functional groups attached to an aromatic ring is 1. The Kier molecular flexibility index (Phi) is 7.76. The first-order valence-electron chi connectivity index (χ1n) is 16.4. The highest BCUT2D eigenvalue weighted by Crippen LogP contribution is 2.52. The molecule has 46 heavy (non-hydrogen) atoms. The summed E-state index contributed by atoms with van der Waals surface area (Å²) in [6, 6.07) is 2.11. The minimum atomic E-state index is -0.982. The lowest BCUT2D eigenvalue weighted by Gasteiger charge is -2.40. The highest BCUT2D eigenvalue weighted by atomic mass is 32.1. The molecule has 2 aliphatic heterocycles. The van der Waals surface area contributed by atoms with Crippen LogP contribution in [0.3, 0.4) is 0 Å². The molecule has 0 bridgehead atoms. The van der Waals surface area contributed by atoms with Crippen molar-refractivity contribution in [2.75, 3.05) is 37.3 Å². The predicted octanol–water partition coefficient (Wildman–Crippen LogP) is 3.97. The molecule has 4 fully saturated rings. The van der Waals surface area contributed by atoms with E-state index >= 15 is 4.39 Å². The second kappa shape index (κ2) is 11.4. The third-order valence-corrected chi connectivity index (χ3v) is 11.9. The van der Waals surface area contributed by atoms with Crippen LogP contribution in [0.25, 0.3) is 5.70 Å². The smallest absolute Gasteiger partial charge is 0.256 e. The number of nitrogens with one attached hydrogen (secondary N) is 1. The molecule has 3 aliphatic carbocycles. The van der Waals surface area contributed by atoms with Crippen LogP contribution in [0.5, 0.6) is 5.88 Å². The number of nitrogens with zero attached hydrogens (tertiary/aromatic N) is 5. The Bertz CT molecular complexity index is 1650. The summed E-state index contributed by atoms with van der Waals surface area (Å²) in [6.07, 6.45) is 4.63. The van der Waals surface area contributed by atoms with Crippen molar-refractivity contribution < 1.29 is 18.3 Å². The fourth-order valence-corrected chi connectivity index (χ4v) is 9.66. The van der Waals surface area contributed by atoms with Gasteiger partial charge < -0.3 is 26.4 Å². The van der Waals surface area contributed by atoms with E-state index in [4.69, 9.17) is 21.2 Å². The molecule has 0 aromatic carbocycles. The van der Waals surface area contributed by atoms with Crippen LogP contribution in [0.2, 0.25) is 0 Å². The molecule has 5 N–H and O–H groups in total. The maximum Gasteiger partial charge on any atom is 0.256 e. The SMILES string of the molecule is C[C@H](Oc1nc(C(N)=C2CCC[C@@]3(CCCc4sc(N)c(C#N)c43)C2=O)nc(N2C[C@H](C)NC3(CC3)C2)c1F)[C@@H]1C[C@@H](F)CN1C. The fourth-order valence-electron chi connectivity index (χ4n) is 8.50. The first kappa shape index (κ1) is 31.3. The molecular formula is C33H42F2N8O2S. The van der Waals surface area contributed by atoms with Gasteiger partial charge in [0, 0.05) is 47.7 Å². The minimum Gasteiger partial charge on any atom is -0.471 e. The molecule has 5 aliphatic rings. The van der Waals surface area contributed by atoms with Crippen LogP contribution in [0.15, 0.2) is 5.57 Å². The third kappa shape index (κ3) is 5.13. The first-order chi connectivity index (χ1) is 21.9. The molecule has 246 valence electrons. The van der Waals surface area contributed by atoms with E-state index in [9.17, 15) is 14.4 Å².